The first-order chi connectivity index (χ1) is 16.9. The van der Waals surface area contributed by atoms with E-state index in [2.05, 4.69) is 5.32 Å². The first kappa shape index (κ1) is 23.8. The van der Waals surface area contributed by atoms with Crippen molar-refractivity contribution in [3.63, 3.8) is 0 Å². The Kier molecular flexibility index (Phi) is 7.03. The molecule has 0 saturated carbocycles. The number of urea groups is 1. The summed E-state index contributed by atoms with van der Waals surface area (Å²) in [4.78, 5) is 37.3. The number of hydrogen-bond acceptors (Lipinski definition) is 5. The van der Waals surface area contributed by atoms with Gasteiger partial charge in [0.2, 0.25) is 0 Å². The molecule has 8 nitrogen and oxygen atoms in total. The Bertz CT molecular complexity index is 1310. The van der Waals surface area contributed by atoms with Crippen LogP contribution in [0.2, 0.25) is 5.02 Å². The highest BCUT2D eigenvalue weighted by Gasteiger charge is 2.34. The molecule has 1 aliphatic heterocycles. The fourth-order valence-electron chi connectivity index (χ4n) is 3.49. The van der Waals surface area contributed by atoms with E-state index in [-0.39, 0.29) is 22.9 Å². The molecule has 0 spiro atoms. The number of nitrogens with zero attached hydrogens (tertiary/aromatic N) is 1. The van der Waals surface area contributed by atoms with Crippen molar-refractivity contribution in [2.45, 2.75) is 13.5 Å². The van der Waals surface area contributed by atoms with Gasteiger partial charge in [0.25, 0.3) is 5.91 Å². The lowest BCUT2D eigenvalue weighted by Gasteiger charge is -2.15. The SMILES string of the molecule is CCOc1cc(/C=C2/NC(=O)N(c3ccccc3)C2=O)cc(Cl)c1OCc1ccc(C(=O)O)cc1. The molecule has 0 radical (unpaired) electrons. The van der Waals surface area contributed by atoms with Crippen molar-refractivity contribution >= 4 is 41.3 Å². The summed E-state index contributed by atoms with van der Waals surface area (Å²) < 4.78 is 11.6. The number of hydrogen-bond donors (Lipinski definition) is 2. The molecule has 9 heteroatoms. The molecule has 2 N–H and O–H groups in total. The summed E-state index contributed by atoms with van der Waals surface area (Å²) >= 11 is 6.48. The molecule has 1 fully saturated rings. The third-order valence-corrected chi connectivity index (χ3v) is 5.40. The van der Waals surface area contributed by atoms with Crippen LogP contribution in [0.4, 0.5) is 10.5 Å². The van der Waals surface area contributed by atoms with Crippen LogP contribution in [-0.2, 0) is 11.4 Å². The van der Waals surface area contributed by atoms with Gasteiger partial charge in [-0.15, -0.1) is 0 Å². The zero-order chi connectivity index (χ0) is 24.9. The van der Waals surface area contributed by atoms with Crippen LogP contribution < -0.4 is 19.7 Å². The van der Waals surface area contributed by atoms with Crippen LogP contribution in [-0.4, -0.2) is 29.6 Å². The maximum absolute atomic E-state index is 12.9. The molecule has 0 aliphatic carbocycles. The number of halogens is 1. The lowest BCUT2D eigenvalue weighted by molar-refractivity contribution is -0.113. The quantitative estimate of drug-likeness (QED) is 0.334. The molecule has 4 rings (SSSR count). The number of benzene rings is 3. The number of carbonyl (C=O) groups is 3. The average Bonchev–Trinajstić information content (AvgIpc) is 3.12. The summed E-state index contributed by atoms with van der Waals surface area (Å²) in [7, 11) is 0. The number of carbonyl (C=O) groups excluding carboxylic acids is 2. The van der Waals surface area contributed by atoms with E-state index in [1.807, 2.05) is 6.92 Å². The van der Waals surface area contributed by atoms with E-state index in [4.69, 9.17) is 26.2 Å². The third-order valence-electron chi connectivity index (χ3n) is 5.12. The van der Waals surface area contributed by atoms with E-state index < -0.39 is 17.9 Å². The normalized spacial score (nSPS) is 14.2. The molecule has 0 atom stereocenters. The van der Waals surface area contributed by atoms with Gasteiger partial charge in [-0.05, 0) is 60.5 Å². The number of rotatable bonds is 8. The Hall–Kier alpha value is -4.30. The van der Waals surface area contributed by atoms with Crippen molar-refractivity contribution < 1.29 is 29.0 Å². The number of amides is 3. The molecular weight excluding hydrogens is 472 g/mol. The Labute approximate surface area is 206 Å². The minimum absolute atomic E-state index is 0.101. The zero-order valence-corrected chi connectivity index (χ0v) is 19.4. The summed E-state index contributed by atoms with van der Waals surface area (Å²) in [6.45, 7) is 2.30. The maximum Gasteiger partial charge on any atom is 0.335 e. The summed E-state index contributed by atoms with van der Waals surface area (Å²) in [5.74, 6) is -0.815. The number of carboxylic acids is 1. The highest BCUT2D eigenvalue weighted by Crippen LogP contribution is 2.38. The number of para-hydroxylation sites is 1. The molecule has 3 aromatic carbocycles. The van der Waals surface area contributed by atoms with Crippen molar-refractivity contribution in [3.8, 4) is 11.5 Å². The molecule has 3 amide bonds. The second-order valence-corrected chi connectivity index (χ2v) is 7.93. The van der Waals surface area contributed by atoms with Crippen molar-refractivity contribution in [1.29, 1.82) is 0 Å². The van der Waals surface area contributed by atoms with E-state index in [0.717, 1.165) is 10.5 Å². The predicted molar refractivity (Wildman–Crippen MR) is 131 cm³/mol. The van der Waals surface area contributed by atoms with Crippen LogP contribution in [0.3, 0.4) is 0 Å². The minimum Gasteiger partial charge on any atom is -0.490 e. The molecule has 178 valence electrons. The third kappa shape index (κ3) is 5.28. The van der Waals surface area contributed by atoms with E-state index in [1.165, 1.54) is 18.2 Å². The first-order valence-electron chi connectivity index (χ1n) is 10.7. The van der Waals surface area contributed by atoms with Gasteiger partial charge in [-0.25, -0.2) is 14.5 Å². The number of imide groups is 1. The molecule has 1 aliphatic rings. The standard InChI is InChI=1S/C26H21ClN2O6/c1-2-34-22-14-17(13-21-24(30)29(26(33)28-21)19-6-4-3-5-7-19)12-20(27)23(22)35-15-16-8-10-18(11-9-16)25(31)32/h3-14H,2,15H2,1H3,(H,28,33)(H,31,32)/b21-13+. The second-order valence-electron chi connectivity index (χ2n) is 7.52. The highest BCUT2D eigenvalue weighted by molar-refractivity contribution is 6.32. The minimum atomic E-state index is -1.01. The van der Waals surface area contributed by atoms with E-state index in [0.29, 0.717) is 29.4 Å². The van der Waals surface area contributed by atoms with Gasteiger partial charge in [-0.2, -0.15) is 0 Å². The molecule has 0 unspecified atom stereocenters. The van der Waals surface area contributed by atoms with Crippen LogP contribution in [0.15, 0.2) is 72.4 Å². The van der Waals surface area contributed by atoms with Crippen molar-refractivity contribution in [1.82, 2.24) is 5.32 Å². The summed E-state index contributed by atoms with van der Waals surface area (Å²) in [5.41, 5.74) is 2.03. The van der Waals surface area contributed by atoms with Crippen LogP contribution in [0.5, 0.6) is 11.5 Å². The van der Waals surface area contributed by atoms with Gasteiger partial charge in [0, 0.05) is 0 Å². The topological polar surface area (TPSA) is 105 Å². The zero-order valence-electron chi connectivity index (χ0n) is 18.7. The molecule has 0 aromatic heterocycles. The smallest absolute Gasteiger partial charge is 0.335 e. The Morgan fingerprint density at radius 3 is 2.43 bits per heavy atom. The maximum atomic E-state index is 12.9. The molecule has 1 heterocycles. The van der Waals surface area contributed by atoms with Gasteiger partial charge in [-0.1, -0.05) is 41.9 Å². The second kappa shape index (κ2) is 10.3. The van der Waals surface area contributed by atoms with Crippen LogP contribution in [0.1, 0.15) is 28.4 Å². The van der Waals surface area contributed by atoms with Gasteiger partial charge in [-0.3, -0.25) is 4.79 Å². The van der Waals surface area contributed by atoms with E-state index in [1.54, 1.807) is 54.6 Å². The van der Waals surface area contributed by atoms with Crippen LogP contribution >= 0.6 is 11.6 Å². The summed E-state index contributed by atoms with van der Waals surface area (Å²) in [5, 5.41) is 11.9. The fourth-order valence-corrected chi connectivity index (χ4v) is 3.76. The Balaban J connectivity index is 1.57. The van der Waals surface area contributed by atoms with Gasteiger partial charge in [0.1, 0.15) is 12.3 Å². The van der Waals surface area contributed by atoms with Gasteiger partial charge < -0.3 is 19.9 Å². The van der Waals surface area contributed by atoms with Crippen LogP contribution in [0, 0.1) is 0 Å². The first-order valence-corrected chi connectivity index (χ1v) is 11.1. The number of nitrogens with one attached hydrogen (secondary N) is 1. The number of ether oxygens (including phenoxy) is 2. The van der Waals surface area contributed by atoms with Gasteiger partial charge in [0.15, 0.2) is 11.5 Å². The lowest BCUT2D eigenvalue weighted by Crippen LogP contribution is -2.30. The number of anilines is 1. The summed E-state index contributed by atoms with van der Waals surface area (Å²) in [6, 6.07) is 17.6. The average molecular weight is 493 g/mol. The predicted octanol–water partition coefficient (Wildman–Crippen LogP) is 5.11. The largest absolute Gasteiger partial charge is 0.490 e. The van der Waals surface area contributed by atoms with E-state index in [9.17, 15) is 14.4 Å². The van der Waals surface area contributed by atoms with Crippen LogP contribution in [0.25, 0.3) is 6.08 Å². The van der Waals surface area contributed by atoms with Gasteiger partial charge in [0.05, 0.1) is 22.9 Å². The lowest BCUT2D eigenvalue weighted by atomic mass is 10.1. The van der Waals surface area contributed by atoms with Crippen molar-refractivity contribution in [3.05, 3.63) is 94.1 Å². The Morgan fingerprint density at radius 1 is 1.06 bits per heavy atom. The van der Waals surface area contributed by atoms with Crippen molar-refractivity contribution in [2.75, 3.05) is 11.5 Å². The van der Waals surface area contributed by atoms with Gasteiger partial charge >= 0.3 is 12.0 Å². The Morgan fingerprint density at radius 2 is 1.77 bits per heavy atom. The molecular formula is C26H21ClN2O6. The number of carboxylic acid groups (broad SMARTS) is 1. The fraction of sp³-hybridized carbons (Fsp3) is 0.115. The molecule has 35 heavy (non-hydrogen) atoms. The highest BCUT2D eigenvalue weighted by atomic mass is 35.5. The van der Waals surface area contributed by atoms with E-state index >= 15 is 0 Å². The molecule has 0 bridgehead atoms. The molecule has 3 aromatic rings. The summed E-state index contributed by atoms with van der Waals surface area (Å²) in [6.07, 6.45) is 1.52. The monoisotopic (exact) mass is 492 g/mol. The molecule has 1 saturated heterocycles. The number of aromatic carboxylic acids is 1. The van der Waals surface area contributed by atoms with Crippen molar-refractivity contribution in [2.24, 2.45) is 0 Å².